The number of nitrogen functional groups attached to an aromatic ring is 1. The molecule has 0 fully saturated rings. The molecular formula is C12H14ClN3S. The lowest BCUT2D eigenvalue weighted by Gasteiger charge is -2.02. The highest BCUT2D eigenvalue weighted by molar-refractivity contribution is 7.98. The standard InChI is InChI=1S/C12H14ClN3S/c1-8-11(12(13)16(2)15-8)7-17-10-5-3-4-9(14)6-10/h3-6H,7,14H2,1-2H3. The van der Waals surface area contributed by atoms with Crippen LogP contribution in [0.3, 0.4) is 0 Å². The number of anilines is 1. The van der Waals surface area contributed by atoms with Gasteiger partial charge in [0.25, 0.3) is 0 Å². The Morgan fingerprint density at radius 1 is 1.47 bits per heavy atom. The van der Waals surface area contributed by atoms with Gasteiger partial charge in [0.05, 0.1) is 5.69 Å². The van der Waals surface area contributed by atoms with Crippen molar-refractivity contribution >= 4 is 29.1 Å². The zero-order chi connectivity index (χ0) is 12.4. The first kappa shape index (κ1) is 12.3. The van der Waals surface area contributed by atoms with Gasteiger partial charge in [0.1, 0.15) is 5.15 Å². The monoisotopic (exact) mass is 267 g/mol. The van der Waals surface area contributed by atoms with Crippen LogP contribution < -0.4 is 5.73 Å². The second-order valence-electron chi connectivity index (χ2n) is 3.84. The van der Waals surface area contributed by atoms with Gasteiger partial charge in [0, 0.05) is 28.9 Å². The summed E-state index contributed by atoms with van der Waals surface area (Å²) in [6.45, 7) is 1.97. The van der Waals surface area contributed by atoms with Crippen molar-refractivity contribution in [2.75, 3.05) is 5.73 Å². The molecule has 5 heteroatoms. The van der Waals surface area contributed by atoms with Crippen LogP contribution in [-0.2, 0) is 12.8 Å². The summed E-state index contributed by atoms with van der Waals surface area (Å²) in [5.41, 5.74) is 8.58. The van der Waals surface area contributed by atoms with E-state index in [0.29, 0.717) is 5.15 Å². The van der Waals surface area contributed by atoms with E-state index in [9.17, 15) is 0 Å². The summed E-state index contributed by atoms with van der Waals surface area (Å²) < 4.78 is 1.70. The first-order valence-corrected chi connectivity index (χ1v) is 6.60. The van der Waals surface area contributed by atoms with Crippen molar-refractivity contribution in [2.24, 2.45) is 7.05 Å². The van der Waals surface area contributed by atoms with Gasteiger partial charge in [-0.05, 0) is 25.1 Å². The maximum Gasteiger partial charge on any atom is 0.131 e. The molecule has 0 amide bonds. The summed E-state index contributed by atoms with van der Waals surface area (Å²) in [5, 5.41) is 4.99. The van der Waals surface area contributed by atoms with Crippen molar-refractivity contribution in [3.8, 4) is 0 Å². The van der Waals surface area contributed by atoms with Crippen LogP contribution in [0, 0.1) is 6.92 Å². The average Bonchev–Trinajstić information content (AvgIpc) is 2.51. The molecule has 1 aromatic heterocycles. The summed E-state index contributed by atoms with van der Waals surface area (Å²) in [5.74, 6) is 0.808. The van der Waals surface area contributed by atoms with Gasteiger partial charge in [-0.2, -0.15) is 5.10 Å². The van der Waals surface area contributed by atoms with Gasteiger partial charge in [-0.15, -0.1) is 11.8 Å². The molecule has 0 unspecified atom stereocenters. The first-order chi connectivity index (χ1) is 8.08. The molecule has 2 N–H and O–H groups in total. The lowest BCUT2D eigenvalue weighted by molar-refractivity contribution is 0.757. The summed E-state index contributed by atoms with van der Waals surface area (Å²) in [6, 6.07) is 7.84. The minimum atomic E-state index is 0.707. The lowest BCUT2D eigenvalue weighted by Crippen LogP contribution is -1.89. The van der Waals surface area contributed by atoms with Crippen LogP contribution in [0.25, 0.3) is 0 Å². The summed E-state index contributed by atoms with van der Waals surface area (Å²) >= 11 is 7.89. The predicted molar refractivity (Wildman–Crippen MR) is 73.4 cm³/mol. The Labute approximate surface area is 110 Å². The number of halogens is 1. The van der Waals surface area contributed by atoms with E-state index < -0.39 is 0 Å². The van der Waals surface area contributed by atoms with E-state index in [1.807, 2.05) is 38.2 Å². The van der Waals surface area contributed by atoms with Gasteiger partial charge in [0.15, 0.2) is 0 Å². The molecule has 0 atom stereocenters. The molecule has 2 aromatic rings. The SMILES string of the molecule is Cc1nn(C)c(Cl)c1CSc1cccc(N)c1. The highest BCUT2D eigenvalue weighted by atomic mass is 35.5. The van der Waals surface area contributed by atoms with E-state index in [1.54, 1.807) is 16.4 Å². The molecule has 0 aliphatic heterocycles. The van der Waals surface area contributed by atoms with Crippen molar-refractivity contribution in [3.05, 3.63) is 40.7 Å². The zero-order valence-electron chi connectivity index (χ0n) is 9.77. The molecule has 0 aliphatic carbocycles. The van der Waals surface area contributed by atoms with E-state index in [2.05, 4.69) is 5.10 Å². The van der Waals surface area contributed by atoms with E-state index >= 15 is 0 Å². The maximum absolute atomic E-state index is 6.17. The van der Waals surface area contributed by atoms with Crippen molar-refractivity contribution in [1.82, 2.24) is 9.78 Å². The van der Waals surface area contributed by atoms with Gasteiger partial charge < -0.3 is 5.73 Å². The molecule has 90 valence electrons. The molecule has 0 saturated carbocycles. The number of thioether (sulfide) groups is 1. The van der Waals surface area contributed by atoms with Gasteiger partial charge in [0.2, 0.25) is 0 Å². The Kier molecular flexibility index (Phi) is 3.64. The van der Waals surface area contributed by atoms with Gasteiger partial charge in [-0.3, -0.25) is 4.68 Å². The molecule has 0 saturated heterocycles. The second kappa shape index (κ2) is 5.02. The average molecular weight is 268 g/mol. The molecule has 2 rings (SSSR count). The van der Waals surface area contributed by atoms with E-state index in [-0.39, 0.29) is 0 Å². The quantitative estimate of drug-likeness (QED) is 0.686. The fourth-order valence-corrected chi connectivity index (χ4v) is 2.97. The van der Waals surface area contributed by atoms with Crippen LogP contribution in [0.15, 0.2) is 29.2 Å². The fraction of sp³-hybridized carbons (Fsp3) is 0.250. The number of aromatic nitrogens is 2. The minimum Gasteiger partial charge on any atom is -0.399 e. The molecule has 17 heavy (non-hydrogen) atoms. The highest BCUT2D eigenvalue weighted by Gasteiger charge is 2.11. The Hall–Kier alpha value is -1.13. The largest absolute Gasteiger partial charge is 0.399 e. The molecule has 0 aliphatic rings. The maximum atomic E-state index is 6.17. The number of benzene rings is 1. The third kappa shape index (κ3) is 2.76. The lowest BCUT2D eigenvalue weighted by atomic mass is 10.3. The van der Waals surface area contributed by atoms with E-state index in [0.717, 1.165) is 27.6 Å². The highest BCUT2D eigenvalue weighted by Crippen LogP contribution is 2.29. The Balaban J connectivity index is 2.12. The number of aryl methyl sites for hydroxylation is 2. The molecule has 3 nitrogen and oxygen atoms in total. The van der Waals surface area contributed by atoms with Crippen molar-refractivity contribution in [1.29, 1.82) is 0 Å². The van der Waals surface area contributed by atoms with Crippen LogP contribution in [0.4, 0.5) is 5.69 Å². The van der Waals surface area contributed by atoms with Crippen LogP contribution in [0.1, 0.15) is 11.3 Å². The van der Waals surface area contributed by atoms with Crippen LogP contribution in [0.5, 0.6) is 0 Å². The van der Waals surface area contributed by atoms with E-state index in [4.69, 9.17) is 17.3 Å². The predicted octanol–water partition coefficient (Wildman–Crippen LogP) is 3.26. The van der Waals surface area contributed by atoms with Crippen LogP contribution >= 0.6 is 23.4 Å². The number of nitrogens with zero attached hydrogens (tertiary/aromatic N) is 2. The third-order valence-electron chi connectivity index (χ3n) is 2.51. The summed E-state index contributed by atoms with van der Waals surface area (Å²) in [4.78, 5) is 1.14. The smallest absolute Gasteiger partial charge is 0.131 e. The molecule has 1 aromatic carbocycles. The molecule has 0 radical (unpaired) electrons. The normalized spacial score (nSPS) is 10.8. The summed E-state index contributed by atoms with van der Waals surface area (Å²) in [7, 11) is 1.85. The Bertz CT molecular complexity index is 537. The number of hydrogen-bond acceptors (Lipinski definition) is 3. The molecule has 0 spiro atoms. The first-order valence-electron chi connectivity index (χ1n) is 5.24. The van der Waals surface area contributed by atoms with Crippen molar-refractivity contribution in [3.63, 3.8) is 0 Å². The second-order valence-corrected chi connectivity index (χ2v) is 5.25. The molecule has 1 heterocycles. The van der Waals surface area contributed by atoms with Gasteiger partial charge >= 0.3 is 0 Å². The zero-order valence-corrected chi connectivity index (χ0v) is 11.3. The van der Waals surface area contributed by atoms with Crippen molar-refractivity contribution in [2.45, 2.75) is 17.6 Å². The third-order valence-corrected chi connectivity index (χ3v) is 4.00. The Morgan fingerprint density at radius 2 is 2.24 bits per heavy atom. The van der Waals surface area contributed by atoms with Crippen molar-refractivity contribution < 1.29 is 0 Å². The fourth-order valence-electron chi connectivity index (χ4n) is 1.60. The van der Waals surface area contributed by atoms with Gasteiger partial charge in [-0.1, -0.05) is 17.7 Å². The van der Waals surface area contributed by atoms with Crippen LogP contribution in [-0.4, -0.2) is 9.78 Å². The number of nitrogens with two attached hydrogens (primary N) is 1. The van der Waals surface area contributed by atoms with Gasteiger partial charge in [-0.25, -0.2) is 0 Å². The van der Waals surface area contributed by atoms with E-state index in [1.165, 1.54) is 0 Å². The number of rotatable bonds is 3. The molecule has 0 bridgehead atoms. The summed E-state index contributed by atoms with van der Waals surface area (Å²) in [6.07, 6.45) is 0. The van der Waals surface area contributed by atoms with Crippen LogP contribution in [0.2, 0.25) is 5.15 Å². The topological polar surface area (TPSA) is 43.8 Å². The minimum absolute atomic E-state index is 0.707. The number of hydrogen-bond donors (Lipinski definition) is 1. The molecular weight excluding hydrogens is 254 g/mol. The Morgan fingerprint density at radius 3 is 2.82 bits per heavy atom.